The minimum Gasteiger partial charge on any atom is -0.493 e. The molecule has 1 fully saturated rings. The molecule has 1 aliphatic heterocycles. The first kappa shape index (κ1) is 20.3. The SMILES string of the molecule is COc1cc(/C=C/C(=O)N2CCN(Cc3cccs3)CC2)ccc1OC(F)F. The molecular weight excluding hydrogens is 386 g/mol. The second-order valence-corrected chi connectivity index (χ2v) is 7.34. The van der Waals surface area contributed by atoms with Gasteiger partial charge in [-0.15, -0.1) is 11.3 Å². The van der Waals surface area contributed by atoms with E-state index in [4.69, 9.17) is 4.74 Å². The molecule has 2 heterocycles. The van der Waals surface area contributed by atoms with Crippen LogP contribution in [-0.4, -0.2) is 55.6 Å². The Bertz CT molecular complexity index is 804. The number of hydrogen-bond acceptors (Lipinski definition) is 5. The Kier molecular flexibility index (Phi) is 7.00. The molecule has 0 bridgehead atoms. The van der Waals surface area contributed by atoms with E-state index in [-0.39, 0.29) is 17.4 Å². The summed E-state index contributed by atoms with van der Waals surface area (Å²) in [5, 5.41) is 2.07. The highest BCUT2D eigenvalue weighted by Gasteiger charge is 2.20. The summed E-state index contributed by atoms with van der Waals surface area (Å²) >= 11 is 1.74. The molecule has 0 radical (unpaired) electrons. The fourth-order valence-corrected chi connectivity index (χ4v) is 3.75. The lowest BCUT2D eigenvalue weighted by Gasteiger charge is -2.34. The van der Waals surface area contributed by atoms with E-state index in [0.717, 1.165) is 19.6 Å². The molecule has 1 amide bonds. The van der Waals surface area contributed by atoms with Gasteiger partial charge in [0.15, 0.2) is 11.5 Å². The van der Waals surface area contributed by atoms with Crippen LogP contribution in [0.5, 0.6) is 11.5 Å². The van der Waals surface area contributed by atoms with Crippen molar-refractivity contribution in [1.82, 2.24) is 9.80 Å². The minimum absolute atomic E-state index is 0.0390. The Balaban J connectivity index is 1.54. The predicted molar refractivity (Wildman–Crippen MR) is 105 cm³/mol. The van der Waals surface area contributed by atoms with Crippen molar-refractivity contribution in [3.8, 4) is 11.5 Å². The fourth-order valence-electron chi connectivity index (χ4n) is 3.00. The molecule has 0 aliphatic carbocycles. The number of methoxy groups -OCH3 is 1. The molecule has 0 N–H and O–H groups in total. The molecule has 5 nitrogen and oxygen atoms in total. The van der Waals surface area contributed by atoms with Gasteiger partial charge in [-0.2, -0.15) is 8.78 Å². The predicted octanol–water partition coefficient (Wildman–Crippen LogP) is 3.72. The first-order chi connectivity index (χ1) is 13.5. The van der Waals surface area contributed by atoms with Gasteiger partial charge in [0.05, 0.1) is 7.11 Å². The maximum atomic E-state index is 12.4. The number of rotatable bonds is 7. The van der Waals surface area contributed by atoms with Crippen molar-refractivity contribution in [2.24, 2.45) is 0 Å². The zero-order valence-corrected chi connectivity index (χ0v) is 16.3. The van der Waals surface area contributed by atoms with Gasteiger partial charge in [-0.25, -0.2) is 0 Å². The maximum Gasteiger partial charge on any atom is 0.387 e. The summed E-state index contributed by atoms with van der Waals surface area (Å²) in [6, 6.07) is 8.73. The van der Waals surface area contributed by atoms with Crippen molar-refractivity contribution in [3.63, 3.8) is 0 Å². The Morgan fingerprint density at radius 2 is 2.00 bits per heavy atom. The quantitative estimate of drug-likeness (QED) is 0.655. The third kappa shape index (κ3) is 5.53. The zero-order chi connectivity index (χ0) is 19.9. The smallest absolute Gasteiger partial charge is 0.387 e. The van der Waals surface area contributed by atoms with Crippen molar-refractivity contribution in [2.45, 2.75) is 13.2 Å². The topological polar surface area (TPSA) is 42.0 Å². The van der Waals surface area contributed by atoms with Crippen LogP contribution in [0.25, 0.3) is 6.08 Å². The van der Waals surface area contributed by atoms with Crippen molar-refractivity contribution in [2.75, 3.05) is 33.3 Å². The normalized spacial score (nSPS) is 15.4. The number of carbonyl (C=O) groups excluding carboxylic acids is 1. The molecular formula is C20H22F2N2O3S. The summed E-state index contributed by atoms with van der Waals surface area (Å²) in [7, 11) is 1.38. The Morgan fingerprint density at radius 1 is 1.21 bits per heavy atom. The van der Waals surface area contributed by atoms with Crippen molar-refractivity contribution >= 4 is 23.3 Å². The standard InChI is InChI=1S/C20H22F2N2O3S/c1-26-18-13-15(4-6-17(18)27-20(21)22)5-7-19(25)24-10-8-23(9-11-24)14-16-3-2-12-28-16/h2-7,12-13,20H,8-11,14H2,1H3/b7-5+. The highest BCUT2D eigenvalue weighted by atomic mass is 32.1. The number of benzene rings is 1. The zero-order valence-electron chi connectivity index (χ0n) is 15.5. The largest absolute Gasteiger partial charge is 0.493 e. The van der Waals surface area contributed by atoms with Crippen LogP contribution < -0.4 is 9.47 Å². The van der Waals surface area contributed by atoms with E-state index in [9.17, 15) is 13.6 Å². The molecule has 0 saturated carbocycles. The minimum atomic E-state index is -2.92. The first-order valence-electron chi connectivity index (χ1n) is 8.89. The van der Waals surface area contributed by atoms with Crippen molar-refractivity contribution in [1.29, 1.82) is 0 Å². The summed E-state index contributed by atoms with van der Waals surface area (Å²) in [6.07, 6.45) is 3.15. The molecule has 1 aliphatic rings. The molecule has 0 spiro atoms. The highest BCUT2D eigenvalue weighted by molar-refractivity contribution is 7.09. The number of thiophene rings is 1. The van der Waals surface area contributed by atoms with Gasteiger partial charge < -0.3 is 14.4 Å². The van der Waals surface area contributed by atoms with E-state index in [1.54, 1.807) is 29.5 Å². The maximum absolute atomic E-state index is 12.4. The summed E-state index contributed by atoms with van der Waals surface area (Å²) in [6.45, 7) is 1.03. The molecule has 28 heavy (non-hydrogen) atoms. The number of nitrogens with zero attached hydrogens (tertiary/aromatic N) is 2. The number of hydrogen-bond donors (Lipinski definition) is 0. The number of alkyl halides is 2. The Hall–Kier alpha value is -2.45. The molecule has 1 saturated heterocycles. The monoisotopic (exact) mass is 408 g/mol. The Morgan fingerprint density at radius 3 is 2.64 bits per heavy atom. The molecule has 0 unspecified atom stereocenters. The van der Waals surface area contributed by atoms with Gasteiger partial charge in [0.1, 0.15) is 0 Å². The van der Waals surface area contributed by atoms with Gasteiger partial charge in [-0.3, -0.25) is 9.69 Å². The van der Waals surface area contributed by atoms with Crippen LogP contribution in [0.4, 0.5) is 8.78 Å². The fraction of sp³-hybridized carbons (Fsp3) is 0.350. The lowest BCUT2D eigenvalue weighted by molar-refractivity contribution is -0.127. The van der Waals surface area contributed by atoms with E-state index in [2.05, 4.69) is 21.1 Å². The van der Waals surface area contributed by atoms with Crippen molar-refractivity contribution in [3.05, 3.63) is 52.2 Å². The van der Waals surface area contributed by atoms with Crippen LogP contribution in [0.1, 0.15) is 10.4 Å². The van der Waals surface area contributed by atoms with E-state index in [1.807, 2.05) is 11.0 Å². The van der Waals surface area contributed by atoms with Gasteiger partial charge in [-0.05, 0) is 35.2 Å². The van der Waals surface area contributed by atoms with E-state index in [1.165, 1.54) is 24.1 Å². The van der Waals surface area contributed by atoms with Crippen LogP contribution in [0, 0.1) is 0 Å². The van der Waals surface area contributed by atoms with Gasteiger partial charge in [0.2, 0.25) is 5.91 Å². The van der Waals surface area contributed by atoms with Gasteiger partial charge in [0.25, 0.3) is 0 Å². The third-order valence-corrected chi connectivity index (χ3v) is 5.33. The van der Waals surface area contributed by atoms with Crippen LogP contribution in [0.2, 0.25) is 0 Å². The van der Waals surface area contributed by atoms with E-state index < -0.39 is 6.61 Å². The molecule has 8 heteroatoms. The number of piperazine rings is 1. The summed E-state index contributed by atoms with van der Waals surface area (Å²) in [5.41, 5.74) is 0.670. The van der Waals surface area contributed by atoms with Crippen LogP contribution in [0.15, 0.2) is 41.8 Å². The first-order valence-corrected chi connectivity index (χ1v) is 9.77. The van der Waals surface area contributed by atoms with Crippen LogP contribution in [-0.2, 0) is 11.3 Å². The van der Waals surface area contributed by atoms with Gasteiger partial charge in [0, 0.05) is 43.7 Å². The molecule has 3 rings (SSSR count). The number of amides is 1. The summed E-state index contributed by atoms with van der Waals surface area (Å²) in [5.74, 6) is 0.0857. The lowest BCUT2D eigenvalue weighted by atomic mass is 10.2. The lowest BCUT2D eigenvalue weighted by Crippen LogP contribution is -2.47. The van der Waals surface area contributed by atoms with E-state index in [0.29, 0.717) is 18.7 Å². The molecule has 0 atom stereocenters. The van der Waals surface area contributed by atoms with Crippen LogP contribution >= 0.6 is 11.3 Å². The number of halogens is 2. The summed E-state index contributed by atoms with van der Waals surface area (Å²) in [4.78, 5) is 17.9. The van der Waals surface area contributed by atoms with Crippen LogP contribution in [0.3, 0.4) is 0 Å². The van der Waals surface area contributed by atoms with Gasteiger partial charge >= 0.3 is 6.61 Å². The third-order valence-electron chi connectivity index (χ3n) is 4.47. The van der Waals surface area contributed by atoms with Gasteiger partial charge in [-0.1, -0.05) is 12.1 Å². The van der Waals surface area contributed by atoms with Crippen molar-refractivity contribution < 1.29 is 23.0 Å². The summed E-state index contributed by atoms with van der Waals surface area (Å²) < 4.78 is 34.2. The Labute approximate surface area is 166 Å². The second kappa shape index (κ2) is 9.66. The molecule has 2 aromatic rings. The average Bonchev–Trinajstić information content (AvgIpc) is 3.20. The number of ether oxygens (including phenoxy) is 2. The highest BCUT2D eigenvalue weighted by Crippen LogP contribution is 2.29. The molecule has 1 aromatic heterocycles. The average molecular weight is 408 g/mol. The second-order valence-electron chi connectivity index (χ2n) is 6.30. The molecule has 150 valence electrons. The van der Waals surface area contributed by atoms with E-state index >= 15 is 0 Å². The number of carbonyl (C=O) groups is 1. The molecule has 1 aromatic carbocycles.